The lowest BCUT2D eigenvalue weighted by atomic mass is 10.2. The zero-order valence-electron chi connectivity index (χ0n) is 6.12. The highest BCUT2D eigenvalue weighted by Gasteiger charge is 2.17. The first-order chi connectivity index (χ1) is 6.06. The maximum absolute atomic E-state index is 10.5. The first-order valence-electron chi connectivity index (χ1n) is 3.10. The van der Waals surface area contributed by atoms with E-state index < -0.39 is 4.92 Å². The van der Waals surface area contributed by atoms with Crippen molar-refractivity contribution >= 4 is 33.2 Å². The topological polar surface area (TPSA) is 66.9 Å². The van der Waals surface area contributed by atoms with Gasteiger partial charge in [-0.1, -0.05) is 27.5 Å². The molecule has 1 aromatic carbocycles. The molecule has 1 aromatic rings. The molecular formula is C7H2BrClN2O2. The molecule has 0 atom stereocenters. The standard InChI is InChI=1S/C7H2BrClN2O2/c8-4-1-6(9)5(3-10)7(2-4)11(12)13/h1-2H. The summed E-state index contributed by atoms with van der Waals surface area (Å²) in [4.78, 5) is 9.82. The molecule has 0 aliphatic heterocycles. The third-order valence-corrected chi connectivity index (χ3v) is 2.10. The minimum Gasteiger partial charge on any atom is -0.258 e. The van der Waals surface area contributed by atoms with Gasteiger partial charge in [0.05, 0.1) is 9.95 Å². The van der Waals surface area contributed by atoms with Crippen LogP contribution in [-0.4, -0.2) is 4.92 Å². The number of rotatable bonds is 1. The van der Waals surface area contributed by atoms with Crippen molar-refractivity contribution in [3.8, 4) is 6.07 Å². The Bertz CT molecular complexity index is 414. The second-order valence-corrected chi connectivity index (χ2v) is 3.47. The number of halogens is 2. The Kier molecular flexibility index (Phi) is 2.86. The molecule has 0 saturated carbocycles. The zero-order chi connectivity index (χ0) is 10.0. The monoisotopic (exact) mass is 260 g/mol. The molecule has 0 amide bonds. The van der Waals surface area contributed by atoms with Crippen LogP contribution in [-0.2, 0) is 0 Å². The van der Waals surface area contributed by atoms with Gasteiger partial charge in [-0.3, -0.25) is 10.1 Å². The molecule has 0 N–H and O–H groups in total. The number of hydrogen-bond donors (Lipinski definition) is 0. The van der Waals surface area contributed by atoms with E-state index in [-0.39, 0.29) is 16.3 Å². The van der Waals surface area contributed by atoms with Gasteiger partial charge in [0.25, 0.3) is 5.69 Å². The third-order valence-electron chi connectivity index (χ3n) is 1.34. The highest BCUT2D eigenvalue weighted by Crippen LogP contribution is 2.29. The smallest absolute Gasteiger partial charge is 0.258 e. The molecule has 6 heteroatoms. The van der Waals surface area contributed by atoms with Crippen LogP contribution in [0.5, 0.6) is 0 Å². The largest absolute Gasteiger partial charge is 0.289 e. The van der Waals surface area contributed by atoms with Crippen molar-refractivity contribution < 1.29 is 4.92 Å². The summed E-state index contributed by atoms with van der Waals surface area (Å²) in [6, 6.07) is 4.36. The Morgan fingerprint density at radius 1 is 1.62 bits per heavy atom. The summed E-state index contributed by atoms with van der Waals surface area (Å²) in [6.07, 6.45) is 0. The maximum Gasteiger partial charge on any atom is 0.289 e. The fraction of sp³-hybridized carbons (Fsp3) is 0. The van der Waals surface area contributed by atoms with Gasteiger partial charge in [0.1, 0.15) is 11.6 Å². The third kappa shape index (κ3) is 1.97. The number of nitrogens with zero attached hydrogens (tertiary/aromatic N) is 2. The van der Waals surface area contributed by atoms with Crippen LogP contribution in [0, 0.1) is 21.4 Å². The van der Waals surface area contributed by atoms with Gasteiger partial charge >= 0.3 is 0 Å². The molecule has 0 aliphatic rings. The first kappa shape index (κ1) is 9.96. The average molecular weight is 261 g/mol. The van der Waals surface area contributed by atoms with Gasteiger partial charge in [-0.25, -0.2) is 0 Å². The highest BCUT2D eigenvalue weighted by molar-refractivity contribution is 9.10. The minimum absolute atomic E-state index is 0.0728. The second-order valence-electron chi connectivity index (χ2n) is 2.15. The van der Waals surface area contributed by atoms with Crippen molar-refractivity contribution in [2.45, 2.75) is 0 Å². The summed E-state index contributed by atoms with van der Waals surface area (Å²) in [7, 11) is 0. The molecule has 0 fully saturated rings. The molecule has 0 saturated heterocycles. The summed E-state index contributed by atoms with van der Waals surface area (Å²) in [6.45, 7) is 0. The summed E-state index contributed by atoms with van der Waals surface area (Å²) < 4.78 is 0.475. The fourth-order valence-corrected chi connectivity index (χ4v) is 1.65. The molecule has 4 nitrogen and oxygen atoms in total. The molecule has 66 valence electrons. The van der Waals surface area contributed by atoms with Gasteiger partial charge in [0, 0.05) is 10.5 Å². The van der Waals surface area contributed by atoms with Crippen LogP contribution in [0.25, 0.3) is 0 Å². The number of nitriles is 1. The molecule has 1 rings (SSSR count). The van der Waals surface area contributed by atoms with Crippen LogP contribution in [0.1, 0.15) is 5.56 Å². The Balaban J connectivity index is 3.50. The van der Waals surface area contributed by atoms with E-state index in [2.05, 4.69) is 15.9 Å². The van der Waals surface area contributed by atoms with Crippen molar-refractivity contribution in [1.29, 1.82) is 5.26 Å². The predicted molar refractivity (Wildman–Crippen MR) is 50.5 cm³/mol. The molecule has 0 bridgehead atoms. The second kappa shape index (κ2) is 3.73. The van der Waals surface area contributed by atoms with Crippen LogP contribution in [0.3, 0.4) is 0 Å². The molecule has 0 aliphatic carbocycles. The van der Waals surface area contributed by atoms with Gasteiger partial charge in [-0.2, -0.15) is 5.26 Å². The van der Waals surface area contributed by atoms with Crippen LogP contribution in [0.15, 0.2) is 16.6 Å². The fourth-order valence-electron chi connectivity index (χ4n) is 0.815. The van der Waals surface area contributed by atoms with Gasteiger partial charge in [-0.15, -0.1) is 0 Å². The summed E-state index contributed by atoms with van der Waals surface area (Å²) in [5.41, 5.74) is -0.406. The van der Waals surface area contributed by atoms with Crippen LogP contribution >= 0.6 is 27.5 Å². The Morgan fingerprint density at radius 3 is 2.69 bits per heavy atom. The van der Waals surface area contributed by atoms with Gasteiger partial charge in [0.2, 0.25) is 0 Å². The normalized spacial score (nSPS) is 9.31. The molecule has 0 unspecified atom stereocenters. The first-order valence-corrected chi connectivity index (χ1v) is 4.27. The Hall–Kier alpha value is -1.12. The van der Waals surface area contributed by atoms with E-state index in [0.29, 0.717) is 4.47 Å². The van der Waals surface area contributed by atoms with E-state index >= 15 is 0 Å². The summed E-state index contributed by atoms with van der Waals surface area (Å²) in [5.74, 6) is 0. The van der Waals surface area contributed by atoms with E-state index in [9.17, 15) is 10.1 Å². The lowest BCUT2D eigenvalue weighted by molar-refractivity contribution is -0.385. The van der Waals surface area contributed by atoms with Gasteiger partial charge < -0.3 is 0 Å². The zero-order valence-corrected chi connectivity index (χ0v) is 8.46. The number of hydrogen-bond acceptors (Lipinski definition) is 3. The average Bonchev–Trinajstić information content (AvgIpc) is 2.02. The van der Waals surface area contributed by atoms with Gasteiger partial charge in [0.15, 0.2) is 0 Å². The van der Waals surface area contributed by atoms with Crippen molar-refractivity contribution in [3.05, 3.63) is 37.3 Å². The van der Waals surface area contributed by atoms with Crippen molar-refractivity contribution in [2.75, 3.05) is 0 Å². The Morgan fingerprint density at radius 2 is 2.23 bits per heavy atom. The lowest BCUT2D eigenvalue weighted by Gasteiger charge is -1.97. The van der Waals surface area contributed by atoms with E-state index in [0.717, 1.165) is 0 Å². The van der Waals surface area contributed by atoms with E-state index in [4.69, 9.17) is 16.9 Å². The van der Waals surface area contributed by atoms with E-state index in [1.54, 1.807) is 6.07 Å². The molecule has 0 aromatic heterocycles. The number of benzene rings is 1. The predicted octanol–water partition coefficient (Wildman–Crippen LogP) is 2.88. The van der Waals surface area contributed by atoms with Crippen LogP contribution < -0.4 is 0 Å². The SMILES string of the molecule is N#Cc1c(Cl)cc(Br)cc1[N+](=O)[O-]. The highest BCUT2D eigenvalue weighted by atomic mass is 79.9. The van der Waals surface area contributed by atoms with E-state index in [1.165, 1.54) is 12.1 Å². The quantitative estimate of drug-likeness (QED) is 0.576. The molecule has 0 radical (unpaired) electrons. The minimum atomic E-state index is -0.644. The van der Waals surface area contributed by atoms with Gasteiger partial charge in [-0.05, 0) is 6.07 Å². The summed E-state index contributed by atoms with van der Waals surface area (Å²) >= 11 is 8.67. The van der Waals surface area contributed by atoms with Crippen molar-refractivity contribution in [2.24, 2.45) is 0 Å². The van der Waals surface area contributed by atoms with E-state index in [1.807, 2.05) is 0 Å². The van der Waals surface area contributed by atoms with Crippen LogP contribution in [0.2, 0.25) is 5.02 Å². The number of nitro benzene ring substituents is 1. The molecule has 13 heavy (non-hydrogen) atoms. The molecular weight excluding hydrogens is 259 g/mol. The summed E-state index contributed by atoms with van der Waals surface area (Å²) in [5, 5.41) is 19.1. The van der Waals surface area contributed by atoms with Crippen molar-refractivity contribution in [3.63, 3.8) is 0 Å². The number of nitro groups is 1. The van der Waals surface area contributed by atoms with Crippen molar-refractivity contribution in [1.82, 2.24) is 0 Å². The lowest BCUT2D eigenvalue weighted by Crippen LogP contribution is -1.92. The Labute approximate surface area is 87.0 Å². The maximum atomic E-state index is 10.5. The van der Waals surface area contributed by atoms with Crippen LogP contribution in [0.4, 0.5) is 5.69 Å². The molecule has 0 heterocycles. The molecule has 0 spiro atoms.